The summed E-state index contributed by atoms with van der Waals surface area (Å²) in [6.07, 6.45) is 9.68. The van der Waals surface area contributed by atoms with E-state index in [-0.39, 0.29) is 35.7 Å². The summed E-state index contributed by atoms with van der Waals surface area (Å²) in [5, 5.41) is 0. The largest absolute Gasteiger partial charge is 0.494 e. The topological polar surface area (TPSA) is 125 Å². The number of ether oxygens (including phenoxy) is 3. The number of imidazole rings is 1. The Labute approximate surface area is 203 Å². The molecule has 10 heteroatoms. The molecule has 4 rings (SSSR count). The molecule has 35 heavy (non-hydrogen) atoms. The Hall–Kier alpha value is -3.24. The fourth-order valence-corrected chi connectivity index (χ4v) is 4.08. The van der Waals surface area contributed by atoms with Gasteiger partial charge >= 0.3 is 0 Å². The van der Waals surface area contributed by atoms with E-state index in [2.05, 4.69) is 15.0 Å². The minimum absolute atomic E-state index is 0.0272. The summed E-state index contributed by atoms with van der Waals surface area (Å²) in [6, 6.07) is 2.86. The van der Waals surface area contributed by atoms with E-state index in [0.29, 0.717) is 35.7 Å². The molecule has 1 unspecified atom stereocenters. The molecule has 1 aliphatic rings. The molecule has 2 aromatic heterocycles. The molecule has 1 aliphatic carbocycles. The molecule has 1 atom stereocenters. The number of nitrogens with one attached hydrogen (secondary N) is 1. The highest BCUT2D eigenvalue weighted by Crippen LogP contribution is 2.36. The maximum atomic E-state index is 15.0. The second-order valence-electron chi connectivity index (χ2n) is 8.70. The van der Waals surface area contributed by atoms with Gasteiger partial charge in [-0.2, -0.15) is 0 Å². The summed E-state index contributed by atoms with van der Waals surface area (Å²) in [4.78, 5) is 23.3. The van der Waals surface area contributed by atoms with Gasteiger partial charge in [-0.1, -0.05) is 12.8 Å². The van der Waals surface area contributed by atoms with Gasteiger partial charge in [0.15, 0.2) is 11.6 Å². The number of carbonyl (C=O) groups is 1. The predicted molar refractivity (Wildman–Crippen MR) is 126 cm³/mol. The molecular weight excluding hydrogens is 455 g/mol. The van der Waals surface area contributed by atoms with E-state index in [0.717, 1.165) is 32.1 Å². The van der Waals surface area contributed by atoms with Crippen LogP contribution in [-0.2, 0) is 4.74 Å². The molecule has 3 aromatic rings. The molecule has 1 saturated carbocycles. The first-order chi connectivity index (χ1) is 17.0. The fourth-order valence-electron chi connectivity index (χ4n) is 4.08. The minimum atomic E-state index is -0.497. The quantitative estimate of drug-likeness (QED) is 0.265. The zero-order valence-corrected chi connectivity index (χ0v) is 20.0. The van der Waals surface area contributed by atoms with Gasteiger partial charge in [-0.05, 0) is 18.9 Å². The number of halogens is 1. The van der Waals surface area contributed by atoms with Crippen LogP contribution in [0.3, 0.4) is 0 Å². The van der Waals surface area contributed by atoms with Gasteiger partial charge in [0.2, 0.25) is 5.78 Å². The maximum Gasteiger partial charge on any atom is 0.263 e. The summed E-state index contributed by atoms with van der Waals surface area (Å²) < 4.78 is 36.6. The number of benzene rings is 1. The number of hydrogen-bond donors (Lipinski definition) is 2. The van der Waals surface area contributed by atoms with Gasteiger partial charge in [0.1, 0.15) is 23.9 Å². The molecule has 9 nitrogen and oxygen atoms in total. The second-order valence-corrected chi connectivity index (χ2v) is 8.70. The van der Waals surface area contributed by atoms with Crippen LogP contribution in [0, 0.1) is 5.82 Å². The van der Waals surface area contributed by atoms with Crippen molar-refractivity contribution in [2.75, 3.05) is 14.2 Å². The van der Waals surface area contributed by atoms with Gasteiger partial charge in [-0.3, -0.25) is 4.79 Å². The van der Waals surface area contributed by atoms with Crippen LogP contribution in [0.2, 0.25) is 0 Å². The van der Waals surface area contributed by atoms with E-state index >= 15 is 4.39 Å². The highest BCUT2D eigenvalue weighted by atomic mass is 19.1. The number of hydrogen-bond acceptors (Lipinski definition) is 8. The zero-order valence-electron chi connectivity index (χ0n) is 20.0. The summed E-state index contributed by atoms with van der Waals surface area (Å²) in [7, 11) is 3.10. The Kier molecular flexibility index (Phi) is 8.14. The van der Waals surface area contributed by atoms with Crippen LogP contribution in [-0.4, -0.2) is 47.2 Å². The van der Waals surface area contributed by atoms with Gasteiger partial charge in [0.25, 0.3) is 5.89 Å². The van der Waals surface area contributed by atoms with E-state index in [1.165, 1.54) is 19.6 Å². The summed E-state index contributed by atoms with van der Waals surface area (Å²) >= 11 is 0. The number of H-pyrrole nitrogens is 1. The number of unbranched alkanes of at least 4 members (excludes halogenated alkanes) is 2. The fraction of sp³-hybridized carbons (Fsp3) is 0.480. The van der Waals surface area contributed by atoms with Crippen molar-refractivity contribution in [1.29, 1.82) is 0 Å². The number of aromatic amines is 1. The first-order valence-electron chi connectivity index (χ1n) is 11.8. The van der Waals surface area contributed by atoms with Crippen LogP contribution in [0.25, 0.3) is 11.3 Å². The lowest BCUT2D eigenvalue weighted by atomic mass is 9.92. The van der Waals surface area contributed by atoms with Crippen molar-refractivity contribution in [3.8, 4) is 22.8 Å². The number of Topliss-reactive ketones (excluding diaryl/α,β-unsaturated/α-hetero) is 1. The van der Waals surface area contributed by atoms with Crippen LogP contribution in [0.4, 0.5) is 4.39 Å². The van der Waals surface area contributed by atoms with Crippen molar-refractivity contribution in [3.05, 3.63) is 48.3 Å². The lowest BCUT2D eigenvalue weighted by Crippen LogP contribution is -2.38. The lowest BCUT2D eigenvalue weighted by Gasteiger charge is -2.34. The average Bonchev–Trinajstić information content (AvgIpc) is 3.54. The van der Waals surface area contributed by atoms with Crippen LogP contribution in [0.15, 0.2) is 35.2 Å². The first kappa shape index (κ1) is 24.9. The van der Waals surface area contributed by atoms with Crippen molar-refractivity contribution >= 4 is 5.78 Å². The van der Waals surface area contributed by atoms with E-state index in [4.69, 9.17) is 24.4 Å². The lowest BCUT2D eigenvalue weighted by molar-refractivity contribution is -0.0381. The third kappa shape index (κ3) is 6.07. The van der Waals surface area contributed by atoms with Gasteiger partial charge in [0.05, 0.1) is 37.3 Å². The van der Waals surface area contributed by atoms with E-state index in [1.807, 2.05) is 0 Å². The first-order valence-corrected chi connectivity index (χ1v) is 11.8. The van der Waals surface area contributed by atoms with E-state index < -0.39 is 5.82 Å². The average molecular weight is 487 g/mol. The number of methoxy groups -OCH3 is 2. The number of rotatable bonds is 13. The highest BCUT2D eigenvalue weighted by molar-refractivity contribution is 5.91. The van der Waals surface area contributed by atoms with Crippen molar-refractivity contribution < 1.29 is 27.8 Å². The molecule has 0 aliphatic heterocycles. The summed E-state index contributed by atoms with van der Waals surface area (Å²) in [6.45, 7) is 0. The molecule has 0 bridgehead atoms. The second kappa shape index (κ2) is 11.5. The number of nitrogens with zero attached hydrogens (tertiary/aromatic N) is 2. The third-order valence-electron chi connectivity index (χ3n) is 6.25. The summed E-state index contributed by atoms with van der Waals surface area (Å²) in [5.41, 5.74) is 7.11. The molecule has 0 saturated heterocycles. The molecule has 0 spiro atoms. The zero-order chi connectivity index (χ0) is 24.8. The minimum Gasteiger partial charge on any atom is -0.494 e. The number of ketones is 1. The van der Waals surface area contributed by atoms with Crippen molar-refractivity contribution in [1.82, 2.24) is 15.0 Å². The Morgan fingerprint density at radius 2 is 2.06 bits per heavy atom. The Morgan fingerprint density at radius 1 is 1.23 bits per heavy atom. The van der Waals surface area contributed by atoms with E-state index in [1.54, 1.807) is 25.4 Å². The standard InChI is InChI=1S/C25H31FN4O5/c1-32-15-10-16(11-15)35-17-12-18(23(26)22(13-17)33-2)20-14-29-24(30-20)19(27)6-4-3-5-7-21(31)25-28-8-9-34-25/h8-9,12-16,19H,3-7,10-11,27H2,1-2H3,(H,29,30)/t15-,16-,19?. The van der Waals surface area contributed by atoms with Crippen LogP contribution >= 0.6 is 0 Å². The van der Waals surface area contributed by atoms with Crippen LogP contribution in [0.5, 0.6) is 11.5 Å². The summed E-state index contributed by atoms with van der Waals surface area (Å²) in [5.74, 6) is 0.743. The molecule has 3 N–H and O–H groups in total. The number of aromatic nitrogens is 3. The number of nitrogens with two attached hydrogens (primary N) is 1. The van der Waals surface area contributed by atoms with Crippen molar-refractivity contribution in [2.45, 2.75) is 63.2 Å². The Balaban J connectivity index is 1.32. The van der Waals surface area contributed by atoms with E-state index in [9.17, 15) is 4.79 Å². The van der Waals surface area contributed by atoms with Gasteiger partial charge in [-0.25, -0.2) is 14.4 Å². The van der Waals surface area contributed by atoms with Crippen molar-refractivity contribution in [3.63, 3.8) is 0 Å². The van der Waals surface area contributed by atoms with Crippen LogP contribution in [0.1, 0.15) is 67.5 Å². The number of carbonyl (C=O) groups excluding carboxylic acids is 1. The monoisotopic (exact) mass is 486 g/mol. The van der Waals surface area contributed by atoms with Crippen LogP contribution < -0.4 is 15.2 Å². The smallest absolute Gasteiger partial charge is 0.263 e. The predicted octanol–water partition coefficient (Wildman–Crippen LogP) is 4.60. The molecule has 1 fully saturated rings. The van der Waals surface area contributed by atoms with Gasteiger partial charge in [0, 0.05) is 38.0 Å². The van der Waals surface area contributed by atoms with Gasteiger partial charge < -0.3 is 29.3 Å². The highest BCUT2D eigenvalue weighted by Gasteiger charge is 2.31. The molecule has 2 heterocycles. The molecule has 1 aromatic carbocycles. The third-order valence-corrected chi connectivity index (χ3v) is 6.25. The SMILES string of the molecule is COc1cc(O[C@H]2C[C@H](OC)C2)cc(-c2cnc(C(N)CCCCCC(=O)c3ncco3)[nH]2)c1F. The van der Waals surface area contributed by atoms with Gasteiger partial charge in [-0.15, -0.1) is 0 Å². The molecule has 188 valence electrons. The maximum absolute atomic E-state index is 15.0. The number of oxazole rings is 1. The Morgan fingerprint density at radius 3 is 2.77 bits per heavy atom. The Bertz CT molecular complexity index is 1110. The molecular formula is C25H31FN4O5. The molecule has 0 amide bonds. The van der Waals surface area contributed by atoms with Crippen molar-refractivity contribution in [2.24, 2.45) is 5.73 Å². The normalized spacial score (nSPS) is 18.2. The molecule has 0 radical (unpaired) electrons.